The quantitative estimate of drug-likeness (QED) is 0.689. The van der Waals surface area contributed by atoms with Gasteiger partial charge in [-0.1, -0.05) is 6.92 Å². The molecule has 0 amide bonds. The van der Waals surface area contributed by atoms with Gasteiger partial charge >= 0.3 is 0 Å². The van der Waals surface area contributed by atoms with Crippen molar-refractivity contribution in [3.05, 3.63) is 11.1 Å². The second-order valence-corrected chi connectivity index (χ2v) is 3.08. The van der Waals surface area contributed by atoms with E-state index in [1.807, 2.05) is 0 Å². The van der Waals surface area contributed by atoms with Crippen molar-refractivity contribution in [2.75, 3.05) is 5.73 Å². The first-order valence-electron chi connectivity index (χ1n) is 3.40. The lowest BCUT2D eigenvalue weighted by Crippen LogP contribution is -1.92. The van der Waals surface area contributed by atoms with E-state index < -0.39 is 0 Å². The van der Waals surface area contributed by atoms with Gasteiger partial charge in [0.25, 0.3) is 0 Å². The highest BCUT2D eigenvalue weighted by atomic mass is 32.1. The van der Waals surface area contributed by atoms with Gasteiger partial charge in [0, 0.05) is 5.38 Å². The third-order valence-corrected chi connectivity index (χ3v) is 2.39. The molecule has 2 aromatic rings. The van der Waals surface area contributed by atoms with E-state index in [2.05, 4.69) is 22.4 Å². The Morgan fingerprint density at radius 3 is 3.27 bits per heavy atom. The summed E-state index contributed by atoms with van der Waals surface area (Å²) in [4.78, 5) is 4.90. The van der Waals surface area contributed by atoms with E-state index in [0.29, 0.717) is 5.95 Å². The molecule has 2 rings (SSSR count). The average molecular weight is 168 g/mol. The zero-order chi connectivity index (χ0) is 7.84. The first-order chi connectivity index (χ1) is 5.31. The minimum Gasteiger partial charge on any atom is -0.366 e. The summed E-state index contributed by atoms with van der Waals surface area (Å²) >= 11 is 1.57. The monoisotopic (exact) mass is 168 g/mol. The van der Waals surface area contributed by atoms with E-state index >= 15 is 0 Å². The van der Waals surface area contributed by atoms with Gasteiger partial charge in [-0.3, -0.25) is 0 Å². The van der Waals surface area contributed by atoms with E-state index in [1.165, 1.54) is 0 Å². The molecule has 2 N–H and O–H groups in total. The zero-order valence-corrected chi connectivity index (χ0v) is 6.93. The summed E-state index contributed by atoms with van der Waals surface area (Å²) < 4.78 is 1.79. The molecule has 5 heteroatoms. The summed E-state index contributed by atoms with van der Waals surface area (Å²) in [5.41, 5.74) is 6.58. The van der Waals surface area contributed by atoms with Crippen molar-refractivity contribution in [1.29, 1.82) is 0 Å². The van der Waals surface area contributed by atoms with Crippen LogP contribution < -0.4 is 5.73 Å². The fourth-order valence-electron chi connectivity index (χ4n) is 0.980. The summed E-state index contributed by atoms with van der Waals surface area (Å²) in [6.07, 6.45) is 0.961. The fourth-order valence-corrected chi connectivity index (χ4v) is 1.89. The van der Waals surface area contributed by atoms with Crippen LogP contribution in [0.5, 0.6) is 0 Å². The van der Waals surface area contributed by atoms with Crippen molar-refractivity contribution >= 4 is 22.2 Å². The molecule has 0 unspecified atom stereocenters. The Morgan fingerprint density at radius 1 is 1.73 bits per heavy atom. The third-order valence-electron chi connectivity index (χ3n) is 1.53. The van der Waals surface area contributed by atoms with Crippen molar-refractivity contribution in [3.8, 4) is 0 Å². The second-order valence-electron chi connectivity index (χ2n) is 2.24. The molecule has 0 saturated heterocycles. The van der Waals surface area contributed by atoms with Crippen molar-refractivity contribution in [1.82, 2.24) is 14.6 Å². The van der Waals surface area contributed by atoms with Crippen molar-refractivity contribution in [3.63, 3.8) is 0 Å². The molecule has 0 aliphatic heterocycles. The SMILES string of the molecule is CCc1csc2nc(N)nn12. The number of aryl methyl sites for hydroxylation is 1. The lowest BCUT2D eigenvalue weighted by molar-refractivity contribution is 0.886. The number of anilines is 1. The van der Waals surface area contributed by atoms with Crippen LogP contribution in [0.25, 0.3) is 4.96 Å². The molecular formula is C6H8N4S. The molecule has 2 aromatic heterocycles. The van der Waals surface area contributed by atoms with Crippen LogP contribution in [0.15, 0.2) is 5.38 Å². The van der Waals surface area contributed by atoms with E-state index in [9.17, 15) is 0 Å². The predicted octanol–water partition coefficient (Wildman–Crippen LogP) is 0.935. The van der Waals surface area contributed by atoms with Gasteiger partial charge in [-0.25, -0.2) is 4.52 Å². The molecule has 0 aromatic carbocycles. The van der Waals surface area contributed by atoms with Gasteiger partial charge in [-0.05, 0) is 6.42 Å². The molecule has 0 bridgehead atoms. The van der Waals surface area contributed by atoms with E-state index in [4.69, 9.17) is 5.73 Å². The van der Waals surface area contributed by atoms with Crippen LogP contribution in [0, 0.1) is 0 Å². The molecule has 4 nitrogen and oxygen atoms in total. The number of nitrogen functional groups attached to an aromatic ring is 1. The Morgan fingerprint density at radius 2 is 2.55 bits per heavy atom. The number of rotatable bonds is 1. The highest BCUT2D eigenvalue weighted by Gasteiger charge is 2.04. The number of fused-ring (bicyclic) bond motifs is 1. The van der Waals surface area contributed by atoms with Crippen molar-refractivity contribution < 1.29 is 0 Å². The van der Waals surface area contributed by atoms with Crippen LogP contribution in [0.4, 0.5) is 5.95 Å². The van der Waals surface area contributed by atoms with Crippen LogP contribution >= 0.6 is 11.3 Å². The van der Waals surface area contributed by atoms with Gasteiger partial charge < -0.3 is 5.73 Å². The Bertz CT molecular complexity index is 375. The second kappa shape index (κ2) is 2.20. The van der Waals surface area contributed by atoms with Crippen molar-refractivity contribution in [2.24, 2.45) is 0 Å². The Hall–Kier alpha value is -1.10. The molecule has 0 fully saturated rings. The summed E-state index contributed by atoms with van der Waals surface area (Å²) in [7, 11) is 0. The molecule has 0 atom stereocenters. The van der Waals surface area contributed by atoms with Gasteiger partial charge in [0.15, 0.2) is 0 Å². The van der Waals surface area contributed by atoms with Gasteiger partial charge in [-0.2, -0.15) is 4.98 Å². The summed E-state index contributed by atoms with van der Waals surface area (Å²) in [6, 6.07) is 0. The van der Waals surface area contributed by atoms with E-state index in [1.54, 1.807) is 15.9 Å². The fraction of sp³-hybridized carbons (Fsp3) is 0.333. The van der Waals surface area contributed by atoms with Gasteiger partial charge in [-0.15, -0.1) is 16.4 Å². The van der Waals surface area contributed by atoms with E-state index in [-0.39, 0.29) is 0 Å². The van der Waals surface area contributed by atoms with Crippen LogP contribution in [-0.4, -0.2) is 14.6 Å². The summed E-state index contributed by atoms with van der Waals surface area (Å²) in [6.45, 7) is 2.08. The van der Waals surface area contributed by atoms with Crippen LogP contribution in [0.1, 0.15) is 12.6 Å². The molecule has 0 saturated carbocycles. The summed E-state index contributed by atoms with van der Waals surface area (Å²) in [5, 5.41) is 6.09. The third kappa shape index (κ3) is 0.883. The maximum Gasteiger partial charge on any atom is 0.241 e. The number of hydrogen-bond donors (Lipinski definition) is 1. The van der Waals surface area contributed by atoms with Crippen LogP contribution in [-0.2, 0) is 6.42 Å². The van der Waals surface area contributed by atoms with Gasteiger partial charge in [0.05, 0.1) is 5.69 Å². The molecule has 0 aliphatic carbocycles. The maximum absolute atomic E-state index is 5.42. The average Bonchev–Trinajstić information content (AvgIpc) is 2.45. The number of nitrogens with zero attached hydrogens (tertiary/aromatic N) is 3. The molecular weight excluding hydrogens is 160 g/mol. The van der Waals surface area contributed by atoms with Gasteiger partial charge in [0.2, 0.25) is 10.9 Å². The predicted molar refractivity (Wildman–Crippen MR) is 44.7 cm³/mol. The maximum atomic E-state index is 5.42. The Labute approximate surface area is 67.7 Å². The molecule has 2 heterocycles. The highest BCUT2D eigenvalue weighted by molar-refractivity contribution is 7.15. The number of thiazole rings is 1. The standard InChI is InChI=1S/C6H8N4S/c1-2-4-3-11-6-8-5(7)9-10(4)6/h3H,2H2,1H3,(H2,7,9). The van der Waals surface area contributed by atoms with Crippen LogP contribution in [0.2, 0.25) is 0 Å². The molecule has 58 valence electrons. The smallest absolute Gasteiger partial charge is 0.241 e. The number of aromatic nitrogens is 3. The molecule has 11 heavy (non-hydrogen) atoms. The largest absolute Gasteiger partial charge is 0.366 e. The first-order valence-corrected chi connectivity index (χ1v) is 4.28. The molecule has 0 radical (unpaired) electrons. The Kier molecular flexibility index (Phi) is 1.32. The van der Waals surface area contributed by atoms with Gasteiger partial charge in [0.1, 0.15) is 0 Å². The number of nitrogens with two attached hydrogens (primary N) is 1. The van der Waals surface area contributed by atoms with Crippen molar-refractivity contribution in [2.45, 2.75) is 13.3 Å². The normalized spacial score (nSPS) is 11.0. The Balaban J connectivity index is 2.73. The number of hydrogen-bond acceptors (Lipinski definition) is 4. The minimum absolute atomic E-state index is 0.353. The van der Waals surface area contributed by atoms with Crippen LogP contribution in [0.3, 0.4) is 0 Å². The summed E-state index contributed by atoms with van der Waals surface area (Å²) in [5.74, 6) is 0.353. The highest BCUT2D eigenvalue weighted by Crippen LogP contribution is 2.14. The first kappa shape index (κ1) is 6.60. The molecule has 0 aliphatic rings. The topological polar surface area (TPSA) is 56.2 Å². The molecule has 0 spiro atoms. The van der Waals surface area contributed by atoms with E-state index in [0.717, 1.165) is 17.1 Å². The minimum atomic E-state index is 0.353. The lowest BCUT2D eigenvalue weighted by atomic mass is 10.4. The zero-order valence-electron chi connectivity index (χ0n) is 6.11. The lowest BCUT2D eigenvalue weighted by Gasteiger charge is -1.87.